The molecule has 0 radical (unpaired) electrons. The van der Waals surface area contributed by atoms with E-state index in [4.69, 9.17) is 9.47 Å². The molecule has 0 amide bonds. The van der Waals surface area contributed by atoms with Crippen LogP contribution < -0.4 is 9.47 Å². The lowest BCUT2D eigenvalue weighted by Gasteiger charge is -2.27. The lowest BCUT2D eigenvalue weighted by molar-refractivity contribution is -0.0177. The van der Waals surface area contributed by atoms with Gasteiger partial charge in [0.2, 0.25) is 0 Å². The summed E-state index contributed by atoms with van der Waals surface area (Å²) in [5.74, 6) is 0.659. The molecule has 2 heterocycles. The van der Waals surface area contributed by atoms with Crippen molar-refractivity contribution in [3.8, 4) is 11.5 Å². The Morgan fingerprint density at radius 1 is 1.00 bits per heavy atom. The molecule has 1 aliphatic rings. The summed E-state index contributed by atoms with van der Waals surface area (Å²) in [7, 11) is 0. The van der Waals surface area contributed by atoms with Crippen molar-refractivity contribution in [1.82, 2.24) is 14.7 Å². The minimum absolute atomic E-state index is 0.105. The largest absolute Gasteiger partial charge is 0.494 e. The van der Waals surface area contributed by atoms with Crippen molar-refractivity contribution in [1.29, 1.82) is 0 Å². The molecule has 3 aromatic rings. The third-order valence-electron chi connectivity index (χ3n) is 6.03. The summed E-state index contributed by atoms with van der Waals surface area (Å²) in [4.78, 5) is 2.35. The highest BCUT2D eigenvalue weighted by Gasteiger charge is 2.31. The zero-order chi connectivity index (χ0) is 22.9. The lowest BCUT2D eigenvalue weighted by atomic mass is 9.96. The number of halogens is 1. The first-order chi connectivity index (χ1) is 16.1. The van der Waals surface area contributed by atoms with Gasteiger partial charge in [-0.25, -0.2) is 4.39 Å². The Morgan fingerprint density at radius 3 is 2.64 bits per heavy atom. The molecular formula is C26H32FN3O3. The molecular weight excluding hydrogens is 421 g/mol. The van der Waals surface area contributed by atoms with Crippen LogP contribution in [0, 0.1) is 5.82 Å². The summed E-state index contributed by atoms with van der Waals surface area (Å²) in [5, 5.41) is 15.2. The minimum Gasteiger partial charge on any atom is -0.494 e. The Labute approximate surface area is 194 Å². The van der Waals surface area contributed by atoms with E-state index in [0.717, 1.165) is 44.8 Å². The lowest BCUT2D eigenvalue weighted by Crippen LogP contribution is -2.37. The fourth-order valence-corrected chi connectivity index (χ4v) is 4.11. The minimum atomic E-state index is -0.940. The first-order valence-corrected chi connectivity index (χ1v) is 11.6. The van der Waals surface area contributed by atoms with Crippen LogP contribution in [0.2, 0.25) is 0 Å². The van der Waals surface area contributed by atoms with Gasteiger partial charge in [0, 0.05) is 38.4 Å². The number of hydrogen-bond acceptors (Lipinski definition) is 5. The third kappa shape index (κ3) is 7.04. The molecule has 4 rings (SSSR count). The van der Waals surface area contributed by atoms with Crippen molar-refractivity contribution in [2.24, 2.45) is 0 Å². The summed E-state index contributed by atoms with van der Waals surface area (Å²) in [6, 6.07) is 16.5. The van der Waals surface area contributed by atoms with Crippen molar-refractivity contribution in [2.75, 3.05) is 26.3 Å². The van der Waals surface area contributed by atoms with E-state index in [9.17, 15) is 9.50 Å². The van der Waals surface area contributed by atoms with Gasteiger partial charge in [-0.15, -0.1) is 0 Å². The summed E-state index contributed by atoms with van der Waals surface area (Å²) in [6.07, 6.45) is 6.75. The van der Waals surface area contributed by atoms with Gasteiger partial charge >= 0.3 is 0 Å². The second-order valence-electron chi connectivity index (χ2n) is 8.69. The van der Waals surface area contributed by atoms with Crippen LogP contribution in [-0.2, 0) is 13.1 Å². The predicted molar refractivity (Wildman–Crippen MR) is 125 cm³/mol. The summed E-state index contributed by atoms with van der Waals surface area (Å²) >= 11 is 0. The monoisotopic (exact) mass is 453 g/mol. The van der Waals surface area contributed by atoms with Crippen LogP contribution in [0.1, 0.15) is 31.2 Å². The maximum Gasteiger partial charge on any atom is 0.165 e. The van der Waals surface area contributed by atoms with Crippen molar-refractivity contribution in [3.05, 3.63) is 78.4 Å². The highest BCUT2D eigenvalue weighted by Crippen LogP contribution is 2.26. The van der Waals surface area contributed by atoms with E-state index >= 15 is 0 Å². The van der Waals surface area contributed by atoms with Gasteiger partial charge in [0.05, 0.1) is 12.2 Å². The van der Waals surface area contributed by atoms with Crippen LogP contribution in [0.25, 0.3) is 0 Å². The molecule has 1 aromatic heterocycles. The van der Waals surface area contributed by atoms with Gasteiger partial charge in [-0.05, 0) is 61.7 Å². The highest BCUT2D eigenvalue weighted by molar-refractivity contribution is 5.27. The van der Waals surface area contributed by atoms with Crippen molar-refractivity contribution < 1.29 is 19.0 Å². The SMILES string of the molecule is O[C@@]1(COc2ccccc2F)CCCN(Cc2ccc(OCCCn3cccn3)cc2)CC1. The average molecular weight is 454 g/mol. The number of aryl methyl sites for hydroxylation is 1. The van der Waals surface area contributed by atoms with Crippen LogP contribution >= 0.6 is 0 Å². The number of aliphatic hydroxyl groups is 1. The Morgan fingerprint density at radius 2 is 1.85 bits per heavy atom. The predicted octanol–water partition coefficient (Wildman–Crippen LogP) is 4.29. The van der Waals surface area contributed by atoms with Crippen molar-refractivity contribution >= 4 is 0 Å². The summed E-state index contributed by atoms with van der Waals surface area (Å²) in [5.41, 5.74) is 0.275. The molecule has 0 unspecified atom stereocenters. The molecule has 33 heavy (non-hydrogen) atoms. The number of nitrogens with zero attached hydrogens (tertiary/aromatic N) is 3. The molecule has 7 heteroatoms. The fourth-order valence-electron chi connectivity index (χ4n) is 4.11. The molecule has 1 N–H and O–H groups in total. The molecule has 1 saturated heterocycles. The Kier molecular flexibility index (Phi) is 7.96. The number of hydrogen-bond donors (Lipinski definition) is 1. The maximum atomic E-state index is 13.8. The van der Waals surface area contributed by atoms with Crippen LogP contribution in [0.3, 0.4) is 0 Å². The van der Waals surface area contributed by atoms with Crippen molar-refractivity contribution in [2.45, 2.75) is 44.4 Å². The fraction of sp³-hybridized carbons (Fsp3) is 0.423. The number of benzene rings is 2. The summed E-state index contributed by atoms with van der Waals surface area (Å²) < 4.78 is 27.1. The molecule has 1 fully saturated rings. The molecule has 2 aromatic carbocycles. The number of ether oxygens (including phenoxy) is 2. The molecule has 0 bridgehead atoms. The molecule has 1 atom stereocenters. The molecule has 0 spiro atoms. The Hall–Kier alpha value is -2.90. The zero-order valence-electron chi connectivity index (χ0n) is 18.9. The highest BCUT2D eigenvalue weighted by atomic mass is 19.1. The van der Waals surface area contributed by atoms with Gasteiger partial charge in [-0.3, -0.25) is 9.58 Å². The maximum absolute atomic E-state index is 13.8. The standard InChI is InChI=1S/C26H32FN3O3/c27-24-6-1-2-7-25(24)33-21-26(31)12-3-15-29(18-13-26)20-22-8-10-23(11-9-22)32-19-5-17-30-16-4-14-28-30/h1-2,4,6-11,14,16,31H,3,5,12-13,15,17-21H2/t26-/m0/s1. The normalized spacial score (nSPS) is 19.2. The summed E-state index contributed by atoms with van der Waals surface area (Å²) in [6.45, 7) is 4.10. The van der Waals surface area contributed by atoms with E-state index in [1.807, 2.05) is 29.1 Å². The number of para-hydroxylation sites is 1. The molecule has 6 nitrogen and oxygen atoms in total. The molecule has 0 aliphatic carbocycles. The van der Waals surface area contributed by atoms with Crippen LogP contribution in [0.4, 0.5) is 4.39 Å². The average Bonchev–Trinajstić information content (AvgIpc) is 3.27. The smallest absolute Gasteiger partial charge is 0.165 e. The van der Waals surface area contributed by atoms with Crippen LogP contribution in [0.5, 0.6) is 11.5 Å². The van der Waals surface area contributed by atoms with Gasteiger partial charge in [-0.2, -0.15) is 5.10 Å². The van der Waals surface area contributed by atoms with Crippen LogP contribution in [-0.4, -0.2) is 51.7 Å². The third-order valence-corrected chi connectivity index (χ3v) is 6.03. The van der Waals surface area contributed by atoms with Gasteiger partial charge in [0.25, 0.3) is 0 Å². The second kappa shape index (κ2) is 11.3. The number of aromatic nitrogens is 2. The van der Waals surface area contributed by atoms with Crippen LogP contribution in [0.15, 0.2) is 67.0 Å². The molecule has 176 valence electrons. The van der Waals surface area contributed by atoms with Crippen molar-refractivity contribution in [3.63, 3.8) is 0 Å². The second-order valence-corrected chi connectivity index (χ2v) is 8.69. The quantitative estimate of drug-likeness (QED) is 0.464. The Bertz CT molecular complexity index is 981. The van der Waals surface area contributed by atoms with Gasteiger partial charge < -0.3 is 14.6 Å². The van der Waals surface area contributed by atoms with E-state index in [-0.39, 0.29) is 12.4 Å². The topological polar surface area (TPSA) is 59.8 Å². The van der Waals surface area contributed by atoms with Gasteiger partial charge in [-0.1, -0.05) is 24.3 Å². The number of likely N-dealkylation sites (tertiary alicyclic amines) is 1. The first kappa shape index (κ1) is 23.3. The van der Waals surface area contributed by atoms with E-state index in [1.165, 1.54) is 11.6 Å². The zero-order valence-corrected chi connectivity index (χ0v) is 18.9. The van der Waals surface area contributed by atoms with E-state index in [2.05, 4.69) is 22.1 Å². The first-order valence-electron chi connectivity index (χ1n) is 11.6. The van der Waals surface area contributed by atoms with E-state index in [0.29, 0.717) is 19.4 Å². The van der Waals surface area contributed by atoms with Gasteiger partial charge in [0.15, 0.2) is 11.6 Å². The van der Waals surface area contributed by atoms with E-state index in [1.54, 1.807) is 24.4 Å². The molecule has 1 aliphatic heterocycles. The number of rotatable bonds is 10. The Balaban J connectivity index is 1.20. The van der Waals surface area contributed by atoms with Gasteiger partial charge in [0.1, 0.15) is 12.4 Å². The van der Waals surface area contributed by atoms with E-state index < -0.39 is 11.4 Å². The molecule has 0 saturated carbocycles.